The highest BCUT2D eigenvalue weighted by molar-refractivity contribution is 7.10. The minimum absolute atomic E-state index is 0.695. The Bertz CT molecular complexity index is 251. The normalized spacial score (nSPS) is 19.7. The number of nitrogens with zero attached hydrogens (tertiary/aromatic N) is 1. The number of anilines is 1. The van der Waals surface area contributed by atoms with Crippen molar-refractivity contribution in [2.75, 3.05) is 5.73 Å². The summed E-state index contributed by atoms with van der Waals surface area (Å²) in [5.41, 5.74) is 5.58. The summed E-state index contributed by atoms with van der Waals surface area (Å²) in [5, 5.41) is 3.21. The minimum Gasteiger partial charge on any atom is -0.383 e. The van der Waals surface area contributed by atoms with Crippen LogP contribution in [-0.4, -0.2) is 4.98 Å². The summed E-state index contributed by atoms with van der Waals surface area (Å²) in [6.07, 6.45) is 6.76. The third-order valence-corrected chi connectivity index (χ3v) is 3.52. The van der Waals surface area contributed by atoms with Crippen LogP contribution in [0.4, 0.5) is 5.82 Å². The highest BCUT2D eigenvalue weighted by Gasteiger charge is 2.17. The van der Waals surface area contributed by atoms with Crippen molar-refractivity contribution in [3.05, 3.63) is 10.4 Å². The number of hydrogen-bond acceptors (Lipinski definition) is 3. The molecule has 0 atom stereocenters. The van der Waals surface area contributed by atoms with Gasteiger partial charge in [0.25, 0.3) is 0 Å². The van der Waals surface area contributed by atoms with Crippen molar-refractivity contribution < 1.29 is 0 Å². The molecular formula is C9H14N2S. The molecule has 1 aliphatic rings. The maximum atomic E-state index is 5.58. The van der Waals surface area contributed by atoms with Gasteiger partial charge in [-0.15, -0.1) is 11.3 Å². The maximum absolute atomic E-state index is 5.58. The van der Waals surface area contributed by atoms with Gasteiger partial charge in [-0.05, 0) is 12.8 Å². The zero-order valence-corrected chi connectivity index (χ0v) is 7.94. The Morgan fingerprint density at radius 1 is 1.33 bits per heavy atom. The summed E-state index contributed by atoms with van der Waals surface area (Å²) >= 11 is 1.72. The van der Waals surface area contributed by atoms with Gasteiger partial charge in [0.05, 0.1) is 5.01 Å². The summed E-state index contributed by atoms with van der Waals surface area (Å²) < 4.78 is 0. The van der Waals surface area contributed by atoms with Crippen molar-refractivity contribution in [1.82, 2.24) is 4.98 Å². The predicted molar refractivity (Wildman–Crippen MR) is 52.4 cm³/mol. The molecule has 2 rings (SSSR count). The van der Waals surface area contributed by atoms with Crippen molar-refractivity contribution in [2.45, 2.75) is 38.0 Å². The van der Waals surface area contributed by atoms with E-state index in [4.69, 9.17) is 5.73 Å². The quantitative estimate of drug-likeness (QED) is 0.725. The molecule has 2 N–H and O–H groups in total. The molecule has 66 valence electrons. The number of nitrogen functional groups attached to an aromatic ring is 1. The van der Waals surface area contributed by atoms with Gasteiger partial charge in [0.15, 0.2) is 0 Å². The molecule has 0 radical (unpaired) electrons. The van der Waals surface area contributed by atoms with Crippen LogP contribution in [0, 0.1) is 0 Å². The lowest BCUT2D eigenvalue weighted by molar-refractivity contribution is 0.442. The minimum atomic E-state index is 0.695. The monoisotopic (exact) mass is 182 g/mol. The molecule has 0 spiro atoms. The van der Waals surface area contributed by atoms with Gasteiger partial charge in [0.2, 0.25) is 0 Å². The van der Waals surface area contributed by atoms with E-state index in [2.05, 4.69) is 4.98 Å². The van der Waals surface area contributed by atoms with E-state index in [9.17, 15) is 0 Å². The van der Waals surface area contributed by atoms with Crippen molar-refractivity contribution in [2.24, 2.45) is 0 Å². The molecule has 1 fully saturated rings. The smallest absolute Gasteiger partial charge is 0.134 e. The fourth-order valence-electron chi connectivity index (χ4n) is 1.84. The van der Waals surface area contributed by atoms with E-state index in [1.165, 1.54) is 37.1 Å². The van der Waals surface area contributed by atoms with Gasteiger partial charge in [-0.25, -0.2) is 4.98 Å². The second kappa shape index (κ2) is 3.44. The van der Waals surface area contributed by atoms with E-state index in [0.717, 1.165) is 0 Å². The average Bonchev–Trinajstić information content (AvgIpc) is 2.54. The van der Waals surface area contributed by atoms with Crippen LogP contribution in [-0.2, 0) is 0 Å². The molecule has 0 aliphatic heterocycles. The van der Waals surface area contributed by atoms with Crippen LogP contribution < -0.4 is 5.73 Å². The zero-order valence-electron chi connectivity index (χ0n) is 7.12. The van der Waals surface area contributed by atoms with Gasteiger partial charge in [0, 0.05) is 11.3 Å². The van der Waals surface area contributed by atoms with E-state index in [-0.39, 0.29) is 0 Å². The Hall–Kier alpha value is -0.570. The average molecular weight is 182 g/mol. The number of nitrogens with two attached hydrogens (primary N) is 1. The van der Waals surface area contributed by atoms with Crippen molar-refractivity contribution >= 4 is 17.2 Å². The van der Waals surface area contributed by atoms with Crippen molar-refractivity contribution in [1.29, 1.82) is 0 Å². The van der Waals surface area contributed by atoms with E-state index in [1.807, 2.05) is 5.38 Å². The van der Waals surface area contributed by atoms with Crippen molar-refractivity contribution in [3.63, 3.8) is 0 Å². The van der Waals surface area contributed by atoms with Gasteiger partial charge in [-0.3, -0.25) is 0 Å². The SMILES string of the molecule is Nc1csc(C2CCCCC2)n1. The zero-order chi connectivity index (χ0) is 8.39. The molecule has 0 bridgehead atoms. The fraction of sp³-hybridized carbons (Fsp3) is 0.667. The third kappa shape index (κ3) is 1.61. The summed E-state index contributed by atoms with van der Waals surface area (Å²) in [5.74, 6) is 1.40. The Kier molecular flexibility index (Phi) is 2.30. The molecule has 12 heavy (non-hydrogen) atoms. The highest BCUT2D eigenvalue weighted by atomic mass is 32.1. The van der Waals surface area contributed by atoms with Crippen LogP contribution in [0.5, 0.6) is 0 Å². The standard InChI is InChI=1S/C9H14N2S/c10-8-6-12-9(11-8)7-4-2-1-3-5-7/h6-7H,1-5,10H2. The van der Waals surface area contributed by atoms with Gasteiger partial charge < -0.3 is 5.73 Å². The first-order valence-corrected chi connectivity index (χ1v) is 5.45. The topological polar surface area (TPSA) is 38.9 Å². The molecule has 0 saturated heterocycles. The molecule has 0 amide bonds. The lowest BCUT2D eigenvalue weighted by atomic mass is 9.90. The van der Waals surface area contributed by atoms with E-state index < -0.39 is 0 Å². The van der Waals surface area contributed by atoms with Crippen molar-refractivity contribution in [3.8, 4) is 0 Å². The number of aromatic nitrogens is 1. The molecule has 1 aromatic rings. The number of rotatable bonds is 1. The summed E-state index contributed by atoms with van der Waals surface area (Å²) in [6.45, 7) is 0. The van der Waals surface area contributed by atoms with Crippen LogP contribution >= 0.6 is 11.3 Å². The third-order valence-electron chi connectivity index (χ3n) is 2.49. The fourth-order valence-corrected chi connectivity index (χ4v) is 2.72. The van der Waals surface area contributed by atoms with Crippen LogP contribution in [0.1, 0.15) is 43.0 Å². The summed E-state index contributed by atoms with van der Waals surface area (Å²) in [7, 11) is 0. The Morgan fingerprint density at radius 3 is 2.67 bits per heavy atom. The molecule has 1 heterocycles. The predicted octanol–water partition coefficient (Wildman–Crippen LogP) is 2.77. The molecular weight excluding hydrogens is 168 g/mol. The number of hydrogen-bond donors (Lipinski definition) is 1. The highest BCUT2D eigenvalue weighted by Crippen LogP contribution is 2.34. The molecule has 0 aromatic carbocycles. The molecule has 2 nitrogen and oxygen atoms in total. The van der Waals surface area contributed by atoms with Crippen LogP contribution in [0.2, 0.25) is 0 Å². The van der Waals surface area contributed by atoms with Gasteiger partial charge >= 0.3 is 0 Å². The van der Waals surface area contributed by atoms with Gasteiger partial charge in [-0.1, -0.05) is 19.3 Å². The van der Waals surface area contributed by atoms with Crippen LogP contribution in [0.25, 0.3) is 0 Å². The molecule has 0 unspecified atom stereocenters. The first-order chi connectivity index (χ1) is 5.86. The summed E-state index contributed by atoms with van der Waals surface area (Å²) in [4.78, 5) is 4.33. The maximum Gasteiger partial charge on any atom is 0.134 e. The molecule has 3 heteroatoms. The van der Waals surface area contributed by atoms with E-state index >= 15 is 0 Å². The molecule has 1 aliphatic carbocycles. The Morgan fingerprint density at radius 2 is 2.08 bits per heavy atom. The Labute approximate surface area is 76.8 Å². The lowest BCUT2D eigenvalue weighted by Gasteiger charge is -2.18. The second-order valence-electron chi connectivity index (χ2n) is 3.45. The first-order valence-electron chi connectivity index (χ1n) is 4.57. The molecule has 1 aromatic heterocycles. The van der Waals surface area contributed by atoms with Crippen LogP contribution in [0.3, 0.4) is 0 Å². The van der Waals surface area contributed by atoms with Gasteiger partial charge in [0.1, 0.15) is 5.82 Å². The van der Waals surface area contributed by atoms with E-state index in [1.54, 1.807) is 11.3 Å². The first kappa shape index (κ1) is 8.05. The summed E-state index contributed by atoms with van der Waals surface area (Å²) in [6, 6.07) is 0. The van der Waals surface area contributed by atoms with Crippen LogP contribution in [0.15, 0.2) is 5.38 Å². The van der Waals surface area contributed by atoms with E-state index in [0.29, 0.717) is 11.7 Å². The largest absolute Gasteiger partial charge is 0.383 e. The van der Waals surface area contributed by atoms with Gasteiger partial charge in [-0.2, -0.15) is 0 Å². The Balaban J connectivity index is 2.08. The number of thiazole rings is 1. The molecule has 1 saturated carbocycles. The lowest BCUT2D eigenvalue weighted by Crippen LogP contribution is -2.04. The second-order valence-corrected chi connectivity index (χ2v) is 4.34.